The average Bonchev–Trinajstić information content (AvgIpc) is 3.18. The Kier molecular flexibility index (Phi) is 8.66. The molecule has 1 amide bonds. The molecule has 1 heterocycles. The summed E-state index contributed by atoms with van der Waals surface area (Å²) < 4.78 is 16.6. The molecule has 0 unspecified atom stereocenters. The van der Waals surface area contributed by atoms with Crippen molar-refractivity contribution in [3.05, 3.63) is 44.1 Å². The van der Waals surface area contributed by atoms with E-state index in [2.05, 4.69) is 21.2 Å². The van der Waals surface area contributed by atoms with Crippen LogP contribution in [0.3, 0.4) is 0 Å². The number of carbonyl (C=O) groups excluding carboxylic acids is 3. The summed E-state index contributed by atoms with van der Waals surface area (Å²) in [7, 11) is 1.48. The fourth-order valence-electron chi connectivity index (χ4n) is 2.30. The van der Waals surface area contributed by atoms with Crippen LogP contribution in [0.2, 0.25) is 0 Å². The number of amides is 1. The molecule has 0 bridgehead atoms. The van der Waals surface area contributed by atoms with Gasteiger partial charge >= 0.3 is 5.97 Å². The third kappa shape index (κ3) is 6.57. The number of thiophene rings is 1. The van der Waals surface area contributed by atoms with Gasteiger partial charge in [-0.15, -0.1) is 11.3 Å². The van der Waals surface area contributed by atoms with Gasteiger partial charge in [0, 0.05) is 11.8 Å². The predicted molar refractivity (Wildman–Crippen MR) is 113 cm³/mol. The summed E-state index contributed by atoms with van der Waals surface area (Å²) in [4.78, 5) is 36.9. The van der Waals surface area contributed by atoms with Gasteiger partial charge in [0.15, 0.2) is 18.1 Å². The zero-order chi connectivity index (χ0) is 21.4. The fourth-order valence-corrected chi connectivity index (χ4v) is 3.73. The lowest BCUT2D eigenvalue weighted by atomic mass is 10.2. The number of nitrogens with one attached hydrogen (secondary N) is 1. The molecule has 0 aliphatic carbocycles. The molecule has 0 aliphatic heterocycles. The van der Waals surface area contributed by atoms with E-state index in [1.165, 1.54) is 31.4 Å². The Morgan fingerprint density at radius 1 is 1.21 bits per heavy atom. The second-order valence-corrected chi connectivity index (χ2v) is 8.04. The zero-order valence-corrected chi connectivity index (χ0v) is 18.8. The van der Waals surface area contributed by atoms with Crippen LogP contribution < -0.4 is 14.8 Å². The van der Waals surface area contributed by atoms with Crippen LogP contribution in [0.5, 0.6) is 11.5 Å². The van der Waals surface area contributed by atoms with Crippen LogP contribution in [0.25, 0.3) is 0 Å². The Bertz CT molecular complexity index is 895. The average molecular weight is 484 g/mol. The maximum Gasteiger partial charge on any atom is 0.338 e. The van der Waals surface area contributed by atoms with E-state index in [0.717, 1.165) is 11.3 Å². The van der Waals surface area contributed by atoms with Gasteiger partial charge in [-0.05, 0) is 46.6 Å². The molecule has 29 heavy (non-hydrogen) atoms. The third-order valence-electron chi connectivity index (χ3n) is 3.70. The maximum absolute atomic E-state index is 12.4. The summed E-state index contributed by atoms with van der Waals surface area (Å²) in [5.74, 6) is -0.201. The van der Waals surface area contributed by atoms with Crippen molar-refractivity contribution in [1.29, 1.82) is 0 Å². The number of methoxy groups -OCH3 is 1. The van der Waals surface area contributed by atoms with Gasteiger partial charge in [0.1, 0.15) is 0 Å². The Labute approximate surface area is 181 Å². The Morgan fingerprint density at radius 2 is 1.97 bits per heavy atom. The highest BCUT2D eigenvalue weighted by Gasteiger charge is 2.18. The lowest BCUT2D eigenvalue weighted by Crippen LogP contribution is -2.18. The summed E-state index contributed by atoms with van der Waals surface area (Å²) in [6, 6.07) is 6.49. The van der Waals surface area contributed by atoms with Crippen molar-refractivity contribution < 1.29 is 28.6 Å². The summed E-state index contributed by atoms with van der Waals surface area (Å²) in [5.41, 5.74) is 0.239. The third-order valence-corrected chi connectivity index (χ3v) is 5.41. The zero-order valence-electron chi connectivity index (χ0n) is 16.4. The molecule has 1 aromatic carbocycles. The highest BCUT2D eigenvalue weighted by Crippen LogP contribution is 2.37. The number of benzene rings is 1. The van der Waals surface area contributed by atoms with Crippen LogP contribution in [-0.2, 0) is 16.1 Å². The first-order valence-corrected chi connectivity index (χ1v) is 10.5. The minimum absolute atomic E-state index is 0.145. The molecule has 0 atom stereocenters. The van der Waals surface area contributed by atoms with Gasteiger partial charge < -0.3 is 19.5 Å². The molecule has 0 aliphatic rings. The molecule has 0 spiro atoms. The van der Waals surface area contributed by atoms with Crippen LogP contribution in [0.4, 0.5) is 0 Å². The minimum Gasteiger partial charge on any atom is -0.493 e. The number of carbonyl (C=O) groups is 3. The molecule has 7 nitrogen and oxygen atoms in total. The first kappa shape index (κ1) is 22.9. The minimum atomic E-state index is -0.644. The molecule has 1 N–H and O–H groups in total. The Morgan fingerprint density at radius 3 is 2.62 bits per heavy atom. The Balaban J connectivity index is 2.00. The van der Waals surface area contributed by atoms with Gasteiger partial charge in [-0.3, -0.25) is 9.59 Å². The normalized spacial score (nSPS) is 10.3. The van der Waals surface area contributed by atoms with Crippen LogP contribution in [0.15, 0.2) is 28.7 Å². The standard InChI is InChI=1S/C20H22BrNO6S/c1-4-7-27-19-15(21)8-13(9-17(19)26-3)20(25)28-11-16(24)18-6-5-14(29-18)10-22-12(2)23/h5-6,8-9H,4,7,10-11H2,1-3H3,(H,22,23). The second kappa shape index (κ2) is 11.0. The van der Waals surface area contributed by atoms with Gasteiger partial charge in [-0.25, -0.2) is 4.79 Å². The molecule has 1 aromatic heterocycles. The van der Waals surface area contributed by atoms with Crippen molar-refractivity contribution in [2.75, 3.05) is 20.3 Å². The highest BCUT2D eigenvalue weighted by atomic mass is 79.9. The number of ether oxygens (including phenoxy) is 3. The van der Waals surface area contributed by atoms with Crippen molar-refractivity contribution >= 4 is 44.9 Å². The first-order chi connectivity index (χ1) is 13.8. The number of hydrogen-bond acceptors (Lipinski definition) is 7. The number of esters is 1. The second-order valence-electron chi connectivity index (χ2n) is 6.01. The number of rotatable bonds is 10. The van der Waals surface area contributed by atoms with Gasteiger partial charge in [0.05, 0.1) is 35.2 Å². The quantitative estimate of drug-likeness (QED) is 0.405. The molecular weight excluding hydrogens is 462 g/mol. The lowest BCUT2D eigenvalue weighted by Gasteiger charge is -2.13. The van der Waals surface area contributed by atoms with E-state index < -0.39 is 5.97 Å². The van der Waals surface area contributed by atoms with E-state index in [1.54, 1.807) is 18.2 Å². The molecule has 9 heteroatoms. The van der Waals surface area contributed by atoms with E-state index in [4.69, 9.17) is 14.2 Å². The van der Waals surface area contributed by atoms with E-state index in [0.29, 0.717) is 34.0 Å². The summed E-state index contributed by atoms with van der Waals surface area (Å²) in [5, 5.41) is 2.67. The number of ketones is 1. The van der Waals surface area contributed by atoms with Crippen molar-refractivity contribution in [2.24, 2.45) is 0 Å². The largest absolute Gasteiger partial charge is 0.493 e. The van der Waals surface area contributed by atoms with Crippen LogP contribution in [-0.4, -0.2) is 38.0 Å². The van der Waals surface area contributed by atoms with Gasteiger partial charge in [-0.1, -0.05) is 6.92 Å². The highest BCUT2D eigenvalue weighted by molar-refractivity contribution is 9.10. The summed E-state index contributed by atoms with van der Waals surface area (Å²) in [6.45, 7) is 3.90. The lowest BCUT2D eigenvalue weighted by molar-refractivity contribution is -0.119. The molecule has 0 saturated heterocycles. The van der Waals surface area contributed by atoms with E-state index >= 15 is 0 Å². The van der Waals surface area contributed by atoms with E-state index in [-0.39, 0.29) is 23.9 Å². The number of hydrogen-bond donors (Lipinski definition) is 1. The van der Waals surface area contributed by atoms with Crippen LogP contribution >= 0.6 is 27.3 Å². The molecule has 0 saturated carbocycles. The maximum atomic E-state index is 12.4. The van der Waals surface area contributed by atoms with Gasteiger partial charge in [0.25, 0.3) is 0 Å². The molecule has 2 aromatic rings. The Hall–Kier alpha value is -2.39. The van der Waals surface area contributed by atoms with Crippen LogP contribution in [0.1, 0.15) is 45.2 Å². The van der Waals surface area contributed by atoms with Gasteiger partial charge in [-0.2, -0.15) is 0 Å². The fraction of sp³-hybridized carbons (Fsp3) is 0.350. The smallest absolute Gasteiger partial charge is 0.338 e. The summed E-state index contributed by atoms with van der Waals surface area (Å²) >= 11 is 4.62. The van der Waals surface area contributed by atoms with Crippen molar-refractivity contribution in [2.45, 2.75) is 26.8 Å². The van der Waals surface area contributed by atoms with Gasteiger partial charge in [0.2, 0.25) is 11.7 Å². The summed E-state index contributed by atoms with van der Waals surface area (Å²) in [6.07, 6.45) is 0.830. The predicted octanol–water partition coefficient (Wildman–Crippen LogP) is 3.98. The molecule has 0 fully saturated rings. The molecular formula is C20H22BrNO6S. The van der Waals surface area contributed by atoms with Crippen LogP contribution in [0, 0.1) is 0 Å². The topological polar surface area (TPSA) is 90.9 Å². The monoisotopic (exact) mass is 483 g/mol. The number of halogens is 1. The molecule has 2 rings (SSSR count). The van der Waals surface area contributed by atoms with Crippen molar-refractivity contribution in [3.63, 3.8) is 0 Å². The van der Waals surface area contributed by atoms with E-state index in [1.807, 2.05) is 6.92 Å². The molecule has 156 valence electrons. The first-order valence-electron chi connectivity index (χ1n) is 8.89. The van der Waals surface area contributed by atoms with Crippen molar-refractivity contribution in [3.8, 4) is 11.5 Å². The SMILES string of the molecule is CCCOc1c(Br)cc(C(=O)OCC(=O)c2ccc(CNC(C)=O)s2)cc1OC. The number of Topliss-reactive ketones (excluding diaryl/α,β-unsaturated/α-hetero) is 1. The van der Waals surface area contributed by atoms with E-state index in [9.17, 15) is 14.4 Å². The van der Waals surface area contributed by atoms with Crippen molar-refractivity contribution in [1.82, 2.24) is 5.32 Å². The molecule has 0 radical (unpaired) electrons.